The predicted octanol–water partition coefficient (Wildman–Crippen LogP) is 2.97. The number of likely N-dealkylation sites (N-methyl/N-ethyl adjacent to an activating group) is 1. The third-order valence-electron chi connectivity index (χ3n) is 4.72. The Morgan fingerprint density at radius 2 is 2.08 bits per heavy atom. The monoisotopic (exact) mass is 378 g/mol. The Morgan fingerprint density at radius 3 is 2.77 bits per heavy atom. The molecule has 0 saturated carbocycles. The molecule has 1 aliphatic rings. The van der Waals surface area contributed by atoms with Crippen LogP contribution in [0, 0.1) is 0 Å². The van der Waals surface area contributed by atoms with Crippen LogP contribution < -0.4 is 15.4 Å². The standard InChI is InChI=1S/C20H34N4OS/c1-4-24(5-2)12-13-25-19-11-7-6-9-17(19)15-22-20(21-3)23-16-18-10-8-14-26-18/h6-7,9,11,18H,4-5,8,10,12-16H2,1-3H3,(H2,21,22,23). The van der Waals surface area contributed by atoms with Gasteiger partial charge in [0.25, 0.3) is 0 Å². The molecule has 0 amide bonds. The van der Waals surface area contributed by atoms with E-state index in [4.69, 9.17) is 4.74 Å². The first-order chi connectivity index (χ1) is 12.8. The number of thioether (sulfide) groups is 1. The number of hydrogen-bond acceptors (Lipinski definition) is 4. The maximum Gasteiger partial charge on any atom is 0.191 e. The molecule has 0 radical (unpaired) electrons. The van der Waals surface area contributed by atoms with E-state index in [0.717, 1.165) is 43.5 Å². The van der Waals surface area contributed by atoms with Crippen molar-refractivity contribution in [3.8, 4) is 5.75 Å². The smallest absolute Gasteiger partial charge is 0.191 e. The van der Waals surface area contributed by atoms with Gasteiger partial charge in [-0.3, -0.25) is 4.99 Å². The normalized spacial score (nSPS) is 17.5. The van der Waals surface area contributed by atoms with Crippen molar-refractivity contribution in [1.29, 1.82) is 0 Å². The number of benzene rings is 1. The summed E-state index contributed by atoms with van der Waals surface area (Å²) in [6, 6.07) is 8.24. The molecule has 1 saturated heterocycles. The molecule has 26 heavy (non-hydrogen) atoms. The van der Waals surface area contributed by atoms with E-state index in [0.29, 0.717) is 18.4 Å². The number of rotatable bonds is 10. The first-order valence-electron chi connectivity index (χ1n) is 9.76. The van der Waals surface area contributed by atoms with E-state index >= 15 is 0 Å². The molecule has 1 aromatic rings. The van der Waals surface area contributed by atoms with Gasteiger partial charge in [-0.2, -0.15) is 11.8 Å². The molecule has 2 rings (SSSR count). The van der Waals surface area contributed by atoms with E-state index in [9.17, 15) is 0 Å². The molecule has 0 aromatic heterocycles. The lowest BCUT2D eigenvalue weighted by Crippen LogP contribution is -2.39. The number of nitrogens with zero attached hydrogens (tertiary/aromatic N) is 2. The summed E-state index contributed by atoms with van der Waals surface area (Å²) in [5.74, 6) is 3.10. The molecular formula is C20H34N4OS. The van der Waals surface area contributed by atoms with Crippen LogP contribution in [0.1, 0.15) is 32.3 Å². The summed E-state index contributed by atoms with van der Waals surface area (Å²) >= 11 is 2.06. The Balaban J connectivity index is 1.80. The summed E-state index contributed by atoms with van der Waals surface area (Å²) < 4.78 is 6.03. The Morgan fingerprint density at radius 1 is 1.27 bits per heavy atom. The molecule has 146 valence electrons. The average molecular weight is 379 g/mol. The van der Waals surface area contributed by atoms with E-state index < -0.39 is 0 Å². The van der Waals surface area contributed by atoms with Crippen LogP contribution in [0.3, 0.4) is 0 Å². The minimum atomic E-state index is 0.707. The first kappa shape index (κ1) is 20.9. The second-order valence-electron chi connectivity index (χ2n) is 6.42. The molecule has 0 aliphatic carbocycles. The van der Waals surface area contributed by atoms with Gasteiger partial charge >= 0.3 is 0 Å². The van der Waals surface area contributed by atoms with Gasteiger partial charge in [-0.15, -0.1) is 0 Å². The van der Waals surface area contributed by atoms with Crippen molar-refractivity contribution in [3.63, 3.8) is 0 Å². The van der Waals surface area contributed by atoms with Crippen LogP contribution in [0.5, 0.6) is 5.75 Å². The molecule has 2 N–H and O–H groups in total. The second kappa shape index (κ2) is 12.1. The van der Waals surface area contributed by atoms with Crippen molar-refractivity contribution in [2.24, 2.45) is 4.99 Å². The highest BCUT2D eigenvalue weighted by Gasteiger charge is 2.15. The molecule has 1 heterocycles. The van der Waals surface area contributed by atoms with Crippen LogP contribution in [-0.2, 0) is 6.54 Å². The van der Waals surface area contributed by atoms with Crippen molar-refractivity contribution in [2.45, 2.75) is 38.5 Å². The average Bonchev–Trinajstić information content (AvgIpc) is 3.20. The Kier molecular flexibility index (Phi) is 9.71. The molecule has 1 atom stereocenters. The molecule has 1 aliphatic heterocycles. The van der Waals surface area contributed by atoms with E-state index in [1.54, 1.807) is 0 Å². The molecule has 5 nitrogen and oxygen atoms in total. The highest BCUT2D eigenvalue weighted by molar-refractivity contribution is 8.00. The van der Waals surface area contributed by atoms with E-state index in [1.165, 1.54) is 18.6 Å². The minimum absolute atomic E-state index is 0.707. The summed E-state index contributed by atoms with van der Waals surface area (Å²) in [6.07, 6.45) is 2.64. The summed E-state index contributed by atoms with van der Waals surface area (Å²) in [6.45, 7) is 9.84. The lowest BCUT2D eigenvalue weighted by Gasteiger charge is -2.19. The Bertz CT molecular complexity index is 542. The SMILES string of the molecule is CCN(CC)CCOc1ccccc1CNC(=NC)NCC1CCCS1. The minimum Gasteiger partial charge on any atom is -0.492 e. The lowest BCUT2D eigenvalue weighted by atomic mass is 10.2. The summed E-state index contributed by atoms with van der Waals surface area (Å²) in [7, 11) is 1.82. The fraction of sp³-hybridized carbons (Fsp3) is 0.650. The second-order valence-corrected chi connectivity index (χ2v) is 7.83. The van der Waals surface area contributed by atoms with Crippen molar-refractivity contribution >= 4 is 17.7 Å². The fourth-order valence-corrected chi connectivity index (χ4v) is 4.23. The van der Waals surface area contributed by atoms with E-state index in [1.807, 2.05) is 19.2 Å². The van der Waals surface area contributed by atoms with Gasteiger partial charge in [0.05, 0.1) is 0 Å². The third-order valence-corrected chi connectivity index (χ3v) is 6.12. The van der Waals surface area contributed by atoms with Crippen molar-refractivity contribution in [2.75, 3.05) is 45.6 Å². The van der Waals surface area contributed by atoms with Crippen molar-refractivity contribution < 1.29 is 4.74 Å². The number of aliphatic imine (C=N–C) groups is 1. The highest BCUT2D eigenvalue weighted by Crippen LogP contribution is 2.25. The molecule has 0 bridgehead atoms. The maximum atomic E-state index is 6.03. The first-order valence-corrected chi connectivity index (χ1v) is 10.8. The maximum absolute atomic E-state index is 6.03. The number of guanidine groups is 1. The fourth-order valence-electron chi connectivity index (χ4n) is 3.03. The van der Waals surface area contributed by atoms with E-state index in [-0.39, 0.29) is 0 Å². The highest BCUT2D eigenvalue weighted by atomic mass is 32.2. The number of hydrogen-bond donors (Lipinski definition) is 2. The van der Waals surface area contributed by atoms with Crippen LogP contribution in [0.4, 0.5) is 0 Å². The predicted molar refractivity (Wildman–Crippen MR) is 113 cm³/mol. The van der Waals surface area contributed by atoms with Gasteiger partial charge < -0.3 is 20.3 Å². The van der Waals surface area contributed by atoms with Gasteiger partial charge in [0, 0.05) is 37.5 Å². The van der Waals surface area contributed by atoms with Gasteiger partial charge in [0.15, 0.2) is 5.96 Å². The molecule has 0 spiro atoms. The lowest BCUT2D eigenvalue weighted by molar-refractivity contribution is 0.221. The largest absolute Gasteiger partial charge is 0.492 e. The summed E-state index contributed by atoms with van der Waals surface area (Å²) in [5.41, 5.74) is 1.16. The zero-order chi connectivity index (χ0) is 18.6. The number of nitrogens with one attached hydrogen (secondary N) is 2. The molecule has 1 aromatic carbocycles. The third kappa shape index (κ3) is 7.08. The zero-order valence-electron chi connectivity index (χ0n) is 16.5. The molecule has 1 unspecified atom stereocenters. The van der Waals surface area contributed by atoms with Crippen LogP contribution in [-0.4, -0.2) is 61.7 Å². The van der Waals surface area contributed by atoms with Crippen LogP contribution in [0.2, 0.25) is 0 Å². The van der Waals surface area contributed by atoms with Gasteiger partial charge in [-0.25, -0.2) is 0 Å². The van der Waals surface area contributed by atoms with Gasteiger partial charge in [-0.1, -0.05) is 32.0 Å². The van der Waals surface area contributed by atoms with Gasteiger partial charge in [0.1, 0.15) is 12.4 Å². The number of ether oxygens (including phenoxy) is 1. The van der Waals surface area contributed by atoms with Crippen molar-refractivity contribution in [1.82, 2.24) is 15.5 Å². The van der Waals surface area contributed by atoms with Crippen molar-refractivity contribution in [3.05, 3.63) is 29.8 Å². The summed E-state index contributed by atoms with van der Waals surface area (Å²) in [4.78, 5) is 6.71. The topological polar surface area (TPSA) is 48.9 Å². The Hall–Kier alpha value is -1.40. The summed E-state index contributed by atoms with van der Waals surface area (Å²) in [5, 5.41) is 7.57. The van der Waals surface area contributed by atoms with Crippen LogP contribution in [0.25, 0.3) is 0 Å². The van der Waals surface area contributed by atoms with Gasteiger partial charge in [-0.05, 0) is 37.8 Å². The Labute approximate surface area is 163 Å². The molecule has 6 heteroatoms. The molecular weight excluding hydrogens is 344 g/mol. The van der Waals surface area contributed by atoms with Crippen LogP contribution in [0.15, 0.2) is 29.3 Å². The van der Waals surface area contributed by atoms with Gasteiger partial charge in [0.2, 0.25) is 0 Å². The molecule has 1 fully saturated rings. The van der Waals surface area contributed by atoms with Crippen LogP contribution >= 0.6 is 11.8 Å². The zero-order valence-corrected chi connectivity index (χ0v) is 17.3. The quantitative estimate of drug-likeness (QED) is 0.484. The van der Waals surface area contributed by atoms with E-state index in [2.05, 4.69) is 58.3 Å². The number of para-hydroxylation sites is 1.